The lowest BCUT2D eigenvalue weighted by Crippen LogP contribution is -2.12. The summed E-state index contributed by atoms with van der Waals surface area (Å²) in [4.78, 5) is 16.0. The number of rotatable bonds is 4. The molecule has 1 aliphatic heterocycles. The summed E-state index contributed by atoms with van der Waals surface area (Å²) in [5, 5.41) is 7.42. The van der Waals surface area contributed by atoms with Crippen molar-refractivity contribution >= 4 is 23.7 Å². The highest BCUT2D eigenvalue weighted by Gasteiger charge is 2.31. The van der Waals surface area contributed by atoms with E-state index in [1.807, 2.05) is 54.6 Å². The highest BCUT2D eigenvalue weighted by molar-refractivity contribution is 6.05. The van der Waals surface area contributed by atoms with Crippen molar-refractivity contribution in [3.8, 4) is 0 Å². The van der Waals surface area contributed by atoms with Crippen LogP contribution in [0.5, 0.6) is 0 Å². The molecule has 0 saturated heterocycles. The van der Waals surface area contributed by atoms with Crippen LogP contribution in [0.25, 0.3) is 6.08 Å². The normalized spacial score (nSPS) is 16.9. The summed E-state index contributed by atoms with van der Waals surface area (Å²) >= 11 is 0. The quantitative estimate of drug-likeness (QED) is 0.514. The topological polar surface area (TPSA) is 88.5 Å². The first-order valence-electron chi connectivity index (χ1n) is 7.58. The smallest absolute Gasteiger partial charge is 0.339 e. The number of ether oxygens (including phenoxy) is 1. The molecule has 24 heavy (non-hydrogen) atoms. The predicted octanol–water partition coefficient (Wildman–Crippen LogP) is 3.34. The third-order valence-corrected chi connectivity index (χ3v) is 3.70. The van der Waals surface area contributed by atoms with Gasteiger partial charge in [-0.15, -0.1) is 0 Å². The van der Waals surface area contributed by atoms with Crippen LogP contribution < -0.4 is 5.73 Å². The minimum Gasteiger partial charge on any atom is -0.453 e. The molecule has 5 heteroatoms. The Labute approximate surface area is 140 Å². The number of nitrogens with two attached hydrogens (primary N) is 1. The Kier molecular flexibility index (Phi) is 4.52. The number of fused-ring (bicyclic) bond motifs is 1. The Morgan fingerprint density at radius 1 is 1.17 bits per heavy atom. The number of guanidine groups is 1. The van der Waals surface area contributed by atoms with Gasteiger partial charge in [0.05, 0.1) is 5.56 Å². The number of esters is 1. The minimum atomic E-state index is -0.410. The van der Waals surface area contributed by atoms with Crippen molar-refractivity contribution in [1.82, 2.24) is 0 Å². The van der Waals surface area contributed by atoms with E-state index in [0.29, 0.717) is 17.7 Å². The van der Waals surface area contributed by atoms with Gasteiger partial charge in [0.15, 0.2) is 0 Å². The van der Waals surface area contributed by atoms with Crippen LogP contribution in [-0.2, 0) is 4.74 Å². The maximum atomic E-state index is 11.9. The fourth-order valence-corrected chi connectivity index (χ4v) is 2.62. The molecule has 0 bridgehead atoms. The standard InChI is InChI=1S/C19H17N3O2/c20-19(21)22-14(11-10-13-6-2-1-3-7-13)12-17-15-8-4-5-9-16(15)18(23)24-17/h1-11,17H,12H2,(H3,20,21)/b11-10+,22-14-. The van der Waals surface area contributed by atoms with Crippen LogP contribution in [0.2, 0.25) is 0 Å². The lowest BCUT2D eigenvalue weighted by Gasteiger charge is -2.10. The molecule has 1 atom stereocenters. The largest absolute Gasteiger partial charge is 0.453 e. The van der Waals surface area contributed by atoms with Crippen LogP contribution in [0.4, 0.5) is 0 Å². The highest BCUT2D eigenvalue weighted by atomic mass is 16.5. The number of hydrogen-bond donors (Lipinski definition) is 2. The number of carbonyl (C=O) groups excluding carboxylic acids is 1. The summed E-state index contributed by atoms with van der Waals surface area (Å²) in [7, 11) is 0. The number of cyclic esters (lactones) is 1. The van der Waals surface area contributed by atoms with E-state index in [1.54, 1.807) is 12.1 Å². The zero-order valence-electron chi connectivity index (χ0n) is 13.0. The van der Waals surface area contributed by atoms with Gasteiger partial charge in [0.2, 0.25) is 5.96 Å². The second-order valence-electron chi connectivity index (χ2n) is 5.42. The van der Waals surface area contributed by atoms with E-state index in [0.717, 1.165) is 11.1 Å². The van der Waals surface area contributed by atoms with Crippen molar-refractivity contribution in [3.05, 3.63) is 77.4 Å². The van der Waals surface area contributed by atoms with Gasteiger partial charge in [-0.05, 0) is 17.7 Å². The molecular formula is C19H17N3O2. The van der Waals surface area contributed by atoms with Gasteiger partial charge in [0, 0.05) is 17.7 Å². The molecule has 0 fully saturated rings. The minimum absolute atomic E-state index is 0.277. The maximum absolute atomic E-state index is 11.9. The molecule has 1 aliphatic rings. The number of nitrogens with zero attached hydrogens (tertiary/aromatic N) is 1. The van der Waals surface area contributed by atoms with Gasteiger partial charge in [-0.1, -0.05) is 54.6 Å². The molecule has 0 aliphatic carbocycles. The van der Waals surface area contributed by atoms with Crippen molar-refractivity contribution in [1.29, 1.82) is 5.41 Å². The van der Waals surface area contributed by atoms with Gasteiger partial charge in [-0.2, -0.15) is 0 Å². The molecule has 0 radical (unpaired) electrons. The van der Waals surface area contributed by atoms with Gasteiger partial charge in [0.1, 0.15) is 6.10 Å². The van der Waals surface area contributed by atoms with Crippen molar-refractivity contribution < 1.29 is 9.53 Å². The molecule has 5 nitrogen and oxygen atoms in total. The molecule has 3 rings (SSSR count). The zero-order chi connectivity index (χ0) is 16.9. The molecule has 0 amide bonds. The molecule has 2 aromatic rings. The van der Waals surface area contributed by atoms with Crippen LogP contribution in [-0.4, -0.2) is 17.6 Å². The van der Waals surface area contributed by atoms with Crippen molar-refractivity contribution in [3.63, 3.8) is 0 Å². The highest BCUT2D eigenvalue weighted by Crippen LogP contribution is 2.33. The average molecular weight is 319 g/mol. The molecule has 0 aromatic heterocycles. The molecule has 1 heterocycles. The first-order valence-corrected chi connectivity index (χ1v) is 7.58. The summed E-state index contributed by atoms with van der Waals surface area (Å²) in [5.74, 6) is -0.606. The molecule has 0 spiro atoms. The van der Waals surface area contributed by atoms with Crippen molar-refractivity contribution in [2.45, 2.75) is 12.5 Å². The second-order valence-corrected chi connectivity index (χ2v) is 5.42. The lowest BCUT2D eigenvalue weighted by atomic mass is 10.0. The number of hydrogen-bond acceptors (Lipinski definition) is 3. The van der Waals surface area contributed by atoms with Crippen LogP contribution in [0.3, 0.4) is 0 Å². The van der Waals surface area contributed by atoms with Crippen LogP contribution in [0, 0.1) is 5.41 Å². The van der Waals surface area contributed by atoms with E-state index < -0.39 is 6.10 Å². The Hall–Kier alpha value is -3.21. The number of allylic oxidation sites excluding steroid dienone is 1. The van der Waals surface area contributed by atoms with Crippen LogP contribution >= 0.6 is 0 Å². The van der Waals surface area contributed by atoms with Gasteiger partial charge in [-0.25, -0.2) is 9.79 Å². The molecule has 2 aromatic carbocycles. The molecular weight excluding hydrogens is 302 g/mol. The second kappa shape index (κ2) is 6.91. The fourth-order valence-electron chi connectivity index (χ4n) is 2.62. The third kappa shape index (κ3) is 3.57. The summed E-state index contributed by atoms with van der Waals surface area (Å²) in [6, 6.07) is 17.1. The summed E-state index contributed by atoms with van der Waals surface area (Å²) in [5.41, 5.74) is 8.43. The van der Waals surface area contributed by atoms with Gasteiger partial charge in [-0.3, -0.25) is 5.41 Å². The Bertz CT molecular complexity index is 826. The van der Waals surface area contributed by atoms with Gasteiger partial charge < -0.3 is 10.5 Å². The Morgan fingerprint density at radius 3 is 2.62 bits per heavy atom. The summed E-state index contributed by atoms with van der Waals surface area (Å²) < 4.78 is 5.43. The van der Waals surface area contributed by atoms with E-state index in [-0.39, 0.29) is 11.9 Å². The average Bonchev–Trinajstić information content (AvgIpc) is 2.90. The Morgan fingerprint density at radius 2 is 1.88 bits per heavy atom. The van der Waals surface area contributed by atoms with Crippen LogP contribution in [0.1, 0.15) is 34.0 Å². The third-order valence-electron chi connectivity index (χ3n) is 3.70. The molecule has 3 N–H and O–H groups in total. The monoisotopic (exact) mass is 319 g/mol. The lowest BCUT2D eigenvalue weighted by molar-refractivity contribution is 0.0401. The zero-order valence-corrected chi connectivity index (χ0v) is 13.0. The number of carbonyl (C=O) groups is 1. The van der Waals surface area contributed by atoms with Gasteiger partial charge >= 0.3 is 5.97 Å². The first-order chi connectivity index (χ1) is 11.6. The maximum Gasteiger partial charge on any atom is 0.339 e. The number of aliphatic imine (C=N–C) groups is 1. The SMILES string of the molecule is N=C(N)/N=C(/C=C/c1ccccc1)CC1OC(=O)c2ccccc21. The van der Waals surface area contributed by atoms with E-state index in [4.69, 9.17) is 15.9 Å². The number of nitrogens with one attached hydrogen (secondary N) is 1. The van der Waals surface area contributed by atoms with E-state index in [1.165, 1.54) is 0 Å². The van der Waals surface area contributed by atoms with E-state index >= 15 is 0 Å². The van der Waals surface area contributed by atoms with Crippen molar-refractivity contribution in [2.24, 2.45) is 10.7 Å². The molecule has 0 saturated carbocycles. The van der Waals surface area contributed by atoms with Crippen molar-refractivity contribution in [2.75, 3.05) is 0 Å². The molecule has 120 valence electrons. The van der Waals surface area contributed by atoms with E-state index in [9.17, 15) is 4.79 Å². The fraction of sp³-hybridized carbons (Fsp3) is 0.105. The van der Waals surface area contributed by atoms with Gasteiger partial charge in [0.25, 0.3) is 0 Å². The Balaban J connectivity index is 1.83. The molecule has 1 unspecified atom stereocenters. The summed E-state index contributed by atoms with van der Waals surface area (Å²) in [6.07, 6.45) is 3.65. The summed E-state index contributed by atoms with van der Waals surface area (Å²) in [6.45, 7) is 0. The van der Waals surface area contributed by atoms with E-state index in [2.05, 4.69) is 4.99 Å². The van der Waals surface area contributed by atoms with Crippen LogP contribution in [0.15, 0.2) is 65.7 Å². The predicted molar refractivity (Wildman–Crippen MR) is 94.0 cm³/mol. The first kappa shape index (κ1) is 15.7. The number of benzene rings is 2.